The number of aromatic nitrogens is 2. The molecule has 6 nitrogen and oxygen atoms in total. The Morgan fingerprint density at radius 3 is 2.68 bits per heavy atom. The van der Waals surface area contributed by atoms with Crippen LogP contribution in [0, 0.1) is 5.41 Å². The lowest BCUT2D eigenvalue weighted by molar-refractivity contribution is 0.308. The lowest BCUT2D eigenvalue weighted by Gasteiger charge is -2.34. The summed E-state index contributed by atoms with van der Waals surface area (Å²) in [4.78, 5) is 19.1. The topological polar surface area (TPSA) is 53.9 Å². The van der Waals surface area contributed by atoms with Crippen LogP contribution < -0.4 is 9.64 Å². The van der Waals surface area contributed by atoms with Crippen LogP contribution in [0.25, 0.3) is 11.1 Å². The molecular weight excluding hydrogens is 477 g/mol. The highest BCUT2D eigenvalue weighted by molar-refractivity contribution is 5.95. The Balaban J connectivity index is 1.36. The van der Waals surface area contributed by atoms with Gasteiger partial charge < -0.3 is 14.5 Å². The lowest BCUT2D eigenvalue weighted by atomic mass is 9.76. The molecule has 38 heavy (non-hydrogen) atoms. The normalized spacial score (nSPS) is 17.8. The van der Waals surface area contributed by atoms with Crippen molar-refractivity contribution in [2.24, 2.45) is 10.4 Å². The van der Waals surface area contributed by atoms with E-state index in [0.29, 0.717) is 18.7 Å². The van der Waals surface area contributed by atoms with Crippen molar-refractivity contribution in [2.45, 2.75) is 52.6 Å². The van der Waals surface area contributed by atoms with Gasteiger partial charge in [-0.2, -0.15) is 0 Å². The summed E-state index contributed by atoms with van der Waals surface area (Å²) in [6.07, 6.45) is 3.73. The van der Waals surface area contributed by atoms with Gasteiger partial charge in [0.05, 0.1) is 24.5 Å². The van der Waals surface area contributed by atoms with E-state index in [1.165, 1.54) is 11.3 Å². The average Bonchev–Trinajstić information content (AvgIpc) is 3.18. The van der Waals surface area contributed by atoms with Gasteiger partial charge in [0, 0.05) is 29.8 Å². The fourth-order valence-electron chi connectivity index (χ4n) is 5.85. The first-order chi connectivity index (χ1) is 18.3. The number of hydrogen-bond donors (Lipinski definition) is 0. The molecule has 1 aromatic heterocycles. The third-order valence-corrected chi connectivity index (χ3v) is 7.85. The summed E-state index contributed by atoms with van der Waals surface area (Å²) in [6, 6.07) is 12.7. The van der Waals surface area contributed by atoms with Gasteiger partial charge in [0.1, 0.15) is 30.7 Å². The van der Waals surface area contributed by atoms with Crippen LogP contribution >= 0.6 is 0 Å². The van der Waals surface area contributed by atoms with Crippen molar-refractivity contribution in [1.29, 1.82) is 0 Å². The Morgan fingerprint density at radius 2 is 1.87 bits per heavy atom. The van der Waals surface area contributed by atoms with E-state index >= 15 is 0 Å². The number of rotatable bonds is 5. The zero-order valence-electron chi connectivity index (χ0n) is 22.9. The molecule has 0 atom stereocenters. The van der Waals surface area contributed by atoms with E-state index in [1.807, 2.05) is 0 Å². The number of aryl methyl sites for hydroxylation is 1. The minimum Gasteiger partial charge on any atom is -0.491 e. The number of halogens is 1. The number of alkyl halides is 1. The number of ether oxygens (including phenoxy) is 1. The van der Waals surface area contributed by atoms with Crippen LogP contribution in [0.5, 0.6) is 5.75 Å². The minimum atomic E-state index is -0.490. The largest absolute Gasteiger partial charge is 0.491 e. The van der Waals surface area contributed by atoms with Gasteiger partial charge in [-0.05, 0) is 73.7 Å². The Morgan fingerprint density at radius 1 is 1.05 bits per heavy atom. The minimum absolute atomic E-state index is 0.236. The van der Waals surface area contributed by atoms with E-state index in [4.69, 9.17) is 14.7 Å². The van der Waals surface area contributed by atoms with Gasteiger partial charge in [-0.3, -0.25) is 4.99 Å². The van der Waals surface area contributed by atoms with Crippen LogP contribution in [0.1, 0.15) is 48.5 Å². The van der Waals surface area contributed by atoms with E-state index in [-0.39, 0.29) is 5.41 Å². The second-order valence-electron chi connectivity index (χ2n) is 11.9. The summed E-state index contributed by atoms with van der Waals surface area (Å²) in [7, 11) is 4.12. The van der Waals surface area contributed by atoms with Crippen LogP contribution in [0.4, 0.5) is 15.9 Å². The first-order valence-electron chi connectivity index (χ1n) is 13.6. The van der Waals surface area contributed by atoms with Gasteiger partial charge >= 0.3 is 0 Å². The molecule has 2 aromatic carbocycles. The summed E-state index contributed by atoms with van der Waals surface area (Å²) in [5.74, 6) is 2.87. The van der Waals surface area contributed by atoms with Gasteiger partial charge in [-0.25, -0.2) is 14.4 Å². The van der Waals surface area contributed by atoms with Crippen molar-refractivity contribution in [3.8, 4) is 16.9 Å². The van der Waals surface area contributed by atoms with E-state index in [9.17, 15) is 4.39 Å². The highest BCUT2D eigenvalue weighted by Gasteiger charge is 2.31. The smallest absolute Gasteiger partial charge is 0.144 e. The van der Waals surface area contributed by atoms with Crippen LogP contribution in [0.2, 0.25) is 0 Å². The predicted molar refractivity (Wildman–Crippen MR) is 150 cm³/mol. The number of hydrogen-bond acceptors (Lipinski definition) is 6. The molecule has 0 unspecified atom stereocenters. The fraction of sp³-hybridized carbons (Fsp3) is 0.452. The zero-order chi connectivity index (χ0) is 26.4. The molecule has 1 aliphatic carbocycles. The molecular formula is C31H36FN5O. The van der Waals surface area contributed by atoms with Gasteiger partial charge in [-0.15, -0.1) is 0 Å². The molecule has 7 heteroatoms. The summed E-state index contributed by atoms with van der Waals surface area (Å²) in [5, 5.41) is 0. The Bertz CT molecular complexity index is 1410. The molecule has 0 fully saturated rings. The molecule has 0 amide bonds. The number of benzene rings is 2. The van der Waals surface area contributed by atoms with Crippen LogP contribution in [-0.2, 0) is 32.4 Å². The Kier molecular flexibility index (Phi) is 6.42. The third kappa shape index (κ3) is 4.92. The van der Waals surface area contributed by atoms with Crippen LogP contribution in [0.3, 0.4) is 0 Å². The van der Waals surface area contributed by atoms with Gasteiger partial charge in [-0.1, -0.05) is 32.0 Å². The molecule has 0 bridgehead atoms. The van der Waals surface area contributed by atoms with E-state index in [1.54, 1.807) is 0 Å². The number of anilines is 1. The molecule has 198 valence electrons. The highest BCUT2D eigenvalue weighted by Crippen LogP contribution is 2.40. The van der Waals surface area contributed by atoms with Crippen molar-refractivity contribution in [3.63, 3.8) is 0 Å². The monoisotopic (exact) mass is 513 g/mol. The SMILES string of the molecule is CN(C)Cc1nc2c(c(N3CCOc4ccc(-c5ccc6c(c5)N=C(CF)C6)cc4C3)n1)CC(C)(C)CC2. The molecule has 0 saturated carbocycles. The molecule has 0 spiro atoms. The Hall–Kier alpha value is -3.32. The summed E-state index contributed by atoms with van der Waals surface area (Å²) in [6.45, 7) is 7.03. The molecule has 0 radical (unpaired) electrons. The quantitative estimate of drug-likeness (QED) is 0.437. The predicted octanol–water partition coefficient (Wildman–Crippen LogP) is 5.72. The van der Waals surface area contributed by atoms with E-state index < -0.39 is 6.67 Å². The summed E-state index contributed by atoms with van der Waals surface area (Å²) >= 11 is 0. The number of aliphatic imine (C=N–C) groups is 1. The maximum atomic E-state index is 13.2. The summed E-state index contributed by atoms with van der Waals surface area (Å²) < 4.78 is 19.4. The van der Waals surface area contributed by atoms with Crippen molar-refractivity contribution >= 4 is 17.2 Å². The maximum absolute atomic E-state index is 13.2. The second kappa shape index (κ2) is 9.77. The third-order valence-electron chi connectivity index (χ3n) is 7.85. The van der Waals surface area contributed by atoms with Crippen molar-refractivity contribution in [1.82, 2.24) is 14.9 Å². The van der Waals surface area contributed by atoms with Gasteiger partial charge in [0.25, 0.3) is 0 Å². The van der Waals surface area contributed by atoms with Crippen molar-refractivity contribution in [3.05, 3.63) is 64.6 Å². The van der Waals surface area contributed by atoms with Gasteiger partial charge in [0.2, 0.25) is 0 Å². The molecule has 0 saturated heterocycles. The molecule has 3 heterocycles. The molecule has 3 aromatic rings. The molecule has 3 aliphatic rings. The lowest BCUT2D eigenvalue weighted by Crippen LogP contribution is -2.32. The van der Waals surface area contributed by atoms with Gasteiger partial charge in [0.15, 0.2) is 0 Å². The summed E-state index contributed by atoms with van der Waals surface area (Å²) in [5.41, 5.74) is 8.65. The van der Waals surface area contributed by atoms with E-state index in [2.05, 4.69) is 79.1 Å². The number of fused-ring (bicyclic) bond motifs is 3. The second-order valence-corrected chi connectivity index (χ2v) is 11.9. The van der Waals surface area contributed by atoms with Crippen molar-refractivity contribution < 1.29 is 9.13 Å². The molecule has 0 N–H and O–H groups in total. The standard InChI is InChI=1S/C31H36FN5O/c1-31(2)10-9-26-25(16-31)30(35-29(34-26)19-36(3)4)37-11-12-38-28-8-7-20(13-23(28)18-37)21-5-6-22-14-24(17-32)33-27(22)15-21/h5-8,13,15H,9-12,14,16-19H2,1-4H3. The zero-order valence-corrected chi connectivity index (χ0v) is 22.9. The van der Waals surface area contributed by atoms with Crippen LogP contribution in [-0.4, -0.2) is 54.5 Å². The molecule has 6 rings (SSSR count). The Labute approximate surface area is 224 Å². The van der Waals surface area contributed by atoms with E-state index in [0.717, 1.165) is 84.2 Å². The first-order valence-corrected chi connectivity index (χ1v) is 13.6. The highest BCUT2D eigenvalue weighted by atomic mass is 19.1. The van der Waals surface area contributed by atoms with Crippen molar-refractivity contribution in [2.75, 3.05) is 38.8 Å². The fourth-order valence-corrected chi connectivity index (χ4v) is 5.85. The average molecular weight is 514 g/mol. The maximum Gasteiger partial charge on any atom is 0.144 e. The first kappa shape index (κ1) is 25.0. The van der Waals surface area contributed by atoms with Crippen LogP contribution in [0.15, 0.2) is 41.4 Å². The number of nitrogens with zero attached hydrogens (tertiary/aromatic N) is 5. The molecule has 2 aliphatic heterocycles.